The van der Waals surface area contributed by atoms with E-state index >= 15 is 0 Å². The van der Waals surface area contributed by atoms with Crippen molar-refractivity contribution in [3.63, 3.8) is 0 Å². The molecule has 2 heterocycles. The van der Waals surface area contributed by atoms with Crippen molar-refractivity contribution in [3.05, 3.63) is 73.0 Å². The van der Waals surface area contributed by atoms with Crippen LogP contribution in [0.25, 0.3) is 5.69 Å². The SMILES string of the molecule is Cn1cc(NC(=O)Nc2ccc(-n3cncn3)cc2)c(Oc2ccc(F)cc2F)n1. The van der Waals surface area contributed by atoms with Crippen LogP contribution < -0.4 is 15.4 Å². The fraction of sp³-hybridized carbons (Fsp3) is 0.0526. The molecule has 0 aliphatic heterocycles. The maximum Gasteiger partial charge on any atom is 0.323 e. The van der Waals surface area contributed by atoms with Gasteiger partial charge >= 0.3 is 6.03 Å². The van der Waals surface area contributed by atoms with E-state index in [0.29, 0.717) is 11.8 Å². The van der Waals surface area contributed by atoms with Gasteiger partial charge in [-0.25, -0.2) is 23.2 Å². The van der Waals surface area contributed by atoms with E-state index in [9.17, 15) is 13.6 Å². The first kappa shape index (κ1) is 19.1. The molecule has 2 N–H and O–H groups in total. The summed E-state index contributed by atoms with van der Waals surface area (Å²) in [7, 11) is 1.61. The van der Waals surface area contributed by atoms with E-state index in [4.69, 9.17) is 4.74 Å². The van der Waals surface area contributed by atoms with Crippen LogP contribution in [0.2, 0.25) is 0 Å². The van der Waals surface area contributed by atoms with Crippen LogP contribution >= 0.6 is 0 Å². The Morgan fingerprint density at radius 1 is 1.10 bits per heavy atom. The van der Waals surface area contributed by atoms with Gasteiger partial charge in [-0.2, -0.15) is 5.10 Å². The summed E-state index contributed by atoms with van der Waals surface area (Å²) in [4.78, 5) is 16.2. The molecule has 152 valence electrons. The molecule has 0 aliphatic carbocycles. The maximum atomic E-state index is 13.8. The van der Waals surface area contributed by atoms with Gasteiger partial charge in [-0.3, -0.25) is 4.68 Å². The lowest BCUT2D eigenvalue weighted by Gasteiger charge is -2.09. The molecule has 0 saturated carbocycles. The van der Waals surface area contributed by atoms with Crippen molar-refractivity contribution in [1.82, 2.24) is 24.5 Å². The van der Waals surface area contributed by atoms with Crippen molar-refractivity contribution >= 4 is 17.4 Å². The Morgan fingerprint density at radius 2 is 1.90 bits per heavy atom. The predicted molar refractivity (Wildman–Crippen MR) is 104 cm³/mol. The highest BCUT2D eigenvalue weighted by Gasteiger charge is 2.16. The Labute approximate surface area is 168 Å². The van der Waals surface area contributed by atoms with E-state index in [1.807, 2.05) is 0 Å². The summed E-state index contributed by atoms with van der Waals surface area (Å²) in [5.41, 5.74) is 1.52. The Bertz CT molecular complexity index is 1170. The third kappa shape index (κ3) is 4.24. The van der Waals surface area contributed by atoms with E-state index < -0.39 is 17.7 Å². The molecule has 0 spiro atoms. The van der Waals surface area contributed by atoms with Gasteiger partial charge in [0.25, 0.3) is 5.88 Å². The number of aromatic nitrogens is 5. The van der Waals surface area contributed by atoms with Gasteiger partial charge in [0, 0.05) is 18.8 Å². The Morgan fingerprint density at radius 3 is 2.60 bits per heavy atom. The third-order valence-electron chi connectivity index (χ3n) is 3.95. The number of urea groups is 1. The second-order valence-corrected chi connectivity index (χ2v) is 6.16. The Kier molecular flexibility index (Phi) is 5.08. The average molecular weight is 411 g/mol. The molecule has 4 rings (SSSR count). The summed E-state index contributed by atoms with van der Waals surface area (Å²) in [5, 5.41) is 13.3. The number of carbonyl (C=O) groups is 1. The van der Waals surface area contributed by atoms with Gasteiger partial charge in [0.05, 0.1) is 11.9 Å². The first-order chi connectivity index (χ1) is 14.5. The molecule has 9 nitrogen and oxygen atoms in total. The molecule has 0 fully saturated rings. The number of hydrogen-bond acceptors (Lipinski definition) is 5. The van der Waals surface area contributed by atoms with Gasteiger partial charge in [-0.15, -0.1) is 5.10 Å². The summed E-state index contributed by atoms with van der Waals surface area (Å²) < 4.78 is 35.3. The van der Waals surface area contributed by atoms with Gasteiger partial charge in [0.2, 0.25) is 0 Å². The number of nitrogens with one attached hydrogen (secondary N) is 2. The highest BCUT2D eigenvalue weighted by atomic mass is 19.1. The zero-order chi connectivity index (χ0) is 21.1. The fourth-order valence-corrected chi connectivity index (χ4v) is 2.62. The van der Waals surface area contributed by atoms with Crippen molar-refractivity contribution in [2.75, 3.05) is 10.6 Å². The van der Waals surface area contributed by atoms with Crippen LogP contribution in [0.4, 0.5) is 25.0 Å². The van der Waals surface area contributed by atoms with Gasteiger partial charge in [-0.1, -0.05) is 0 Å². The number of amides is 2. The second kappa shape index (κ2) is 7.99. The Hall–Kier alpha value is -4.28. The fourth-order valence-electron chi connectivity index (χ4n) is 2.62. The quantitative estimate of drug-likeness (QED) is 0.522. The number of rotatable bonds is 5. The lowest BCUT2D eigenvalue weighted by atomic mass is 10.3. The van der Waals surface area contributed by atoms with Crippen LogP contribution in [0.3, 0.4) is 0 Å². The number of ether oxygens (including phenoxy) is 1. The van der Waals surface area contributed by atoms with E-state index in [1.165, 1.54) is 17.2 Å². The molecule has 2 aromatic heterocycles. The molecular formula is C19H15F2N7O2. The molecule has 0 unspecified atom stereocenters. The monoisotopic (exact) mass is 411 g/mol. The topological polar surface area (TPSA) is 98.9 Å². The first-order valence-electron chi connectivity index (χ1n) is 8.67. The van der Waals surface area contributed by atoms with Gasteiger partial charge in [-0.05, 0) is 36.4 Å². The van der Waals surface area contributed by atoms with Crippen LogP contribution in [0.5, 0.6) is 11.6 Å². The van der Waals surface area contributed by atoms with Crippen LogP contribution in [-0.2, 0) is 7.05 Å². The van der Waals surface area contributed by atoms with E-state index in [0.717, 1.165) is 17.8 Å². The molecule has 0 saturated heterocycles. The normalized spacial score (nSPS) is 10.6. The molecule has 0 radical (unpaired) electrons. The largest absolute Gasteiger partial charge is 0.433 e. The number of aryl methyl sites for hydroxylation is 1. The third-order valence-corrected chi connectivity index (χ3v) is 3.95. The van der Waals surface area contributed by atoms with E-state index in [-0.39, 0.29) is 17.3 Å². The molecule has 2 amide bonds. The highest BCUT2D eigenvalue weighted by Crippen LogP contribution is 2.29. The zero-order valence-electron chi connectivity index (χ0n) is 15.6. The number of benzene rings is 2. The average Bonchev–Trinajstić information content (AvgIpc) is 3.35. The lowest BCUT2D eigenvalue weighted by Crippen LogP contribution is -2.19. The van der Waals surface area contributed by atoms with Crippen molar-refractivity contribution in [2.24, 2.45) is 7.05 Å². The van der Waals surface area contributed by atoms with Crippen molar-refractivity contribution in [3.8, 4) is 17.3 Å². The molecule has 11 heteroatoms. The standard InChI is InChI=1S/C19H15F2N7O2/c1-27-9-16(18(26-27)30-17-7-2-12(20)8-15(17)21)25-19(29)24-13-3-5-14(6-4-13)28-11-22-10-23-28/h2-11H,1H3,(H2,24,25,29). The zero-order valence-corrected chi connectivity index (χ0v) is 15.6. The van der Waals surface area contributed by atoms with E-state index in [2.05, 4.69) is 25.8 Å². The van der Waals surface area contributed by atoms with E-state index in [1.54, 1.807) is 42.3 Å². The van der Waals surface area contributed by atoms with Crippen LogP contribution in [0.1, 0.15) is 0 Å². The molecule has 30 heavy (non-hydrogen) atoms. The summed E-state index contributed by atoms with van der Waals surface area (Å²) in [6, 6.07) is 9.27. The Balaban J connectivity index is 1.44. The van der Waals surface area contributed by atoms with Crippen LogP contribution in [0.15, 0.2) is 61.3 Å². The minimum absolute atomic E-state index is 0.0420. The maximum absolute atomic E-state index is 13.8. The summed E-state index contributed by atoms with van der Waals surface area (Å²) in [5.74, 6) is -1.88. The lowest BCUT2D eigenvalue weighted by molar-refractivity contribution is 0.262. The highest BCUT2D eigenvalue weighted by molar-refractivity contribution is 6.00. The number of nitrogens with zero attached hydrogens (tertiary/aromatic N) is 5. The van der Waals surface area contributed by atoms with Crippen molar-refractivity contribution < 1.29 is 18.3 Å². The first-order valence-corrected chi connectivity index (χ1v) is 8.67. The number of hydrogen-bond donors (Lipinski definition) is 2. The molecule has 4 aromatic rings. The summed E-state index contributed by atoms with van der Waals surface area (Å²) >= 11 is 0. The molecule has 0 atom stereocenters. The number of carbonyl (C=O) groups excluding carboxylic acids is 1. The predicted octanol–water partition coefficient (Wildman–Crippen LogP) is 3.72. The van der Waals surface area contributed by atoms with Gasteiger partial charge in [0.1, 0.15) is 24.2 Å². The summed E-state index contributed by atoms with van der Waals surface area (Å²) in [6.07, 6.45) is 4.47. The van der Waals surface area contributed by atoms with Crippen molar-refractivity contribution in [2.45, 2.75) is 0 Å². The minimum Gasteiger partial charge on any atom is -0.433 e. The van der Waals surface area contributed by atoms with Gasteiger partial charge < -0.3 is 15.4 Å². The smallest absolute Gasteiger partial charge is 0.323 e. The molecule has 0 bridgehead atoms. The summed E-state index contributed by atoms with van der Waals surface area (Å²) in [6.45, 7) is 0. The number of halogens is 2. The number of anilines is 2. The minimum atomic E-state index is -0.886. The second-order valence-electron chi connectivity index (χ2n) is 6.16. The molecule has 0 aliphatic rings. The van der Waals surface area contributed by atoms with Crippen molar-refractivity contribution in [1.29, 1.82) is 0 Å². The van der Waals surface area contributed by atoms with Crippen LogP contribution in [-0.4, -0.2) is 30.6 Å². The van der Waals surface area contributed by atoms with Crippen LogP contribution in [0, 0.1) is 11.6 Å². The molecule has 2 aromatic carbocycles. The molecular weight excluding hydrogens is 396 g/mol. The van der Waals surface area contributed by atoms with Gasteiger partial charge in [0.15, 0.2) is 11.6 Å².